The fourth-order valence-corrected chi connectivity index (χ4v) is 9.13. The zero-order valence-corrected chi connectivity index (χ0v) is 33.5. The van der Waals surface area contributed by atoms with E-state index in [-0.39, 0.29) is 131 Å². The summed E-state index contributed by atoms with van der Waals surface area (Å²) in [7, 11) is 0. The van der Waals surface area contributed by atoms with Gasteiger partial charge < -0.3 is 16.0 Å². The molecule has 300 valence electrons. The number of carbonyl (C=O) groups excluding carboxylic acids is 9. The number of likely N-dealkylation sites (tertiary alicyclic amines) is 3. The number of carbonyl (C=O) groups is 9. The topological polar surface area (TPSA) is 199 Å². The van der Waals surface area contributed by atoms with Crippen LogP contribution in [0, 0.1) is 51.8 Å². The van der Waals surface area contributed by atoms with Crippen LogP contribution in [0.5, 0.6) is 0 Å². The smallest absolute Gasteiger partial charge is 0.233 e. The highest BCUT2D eigenvalue weighted by atomic mass is 16.2. The van der Waals surface area contributed by atoms with E-state index in [2.05, 4.69) is 16.0 Å². The summed E-state index contributed by atoms with van der Waals surface area (Å²) in [5.41, 5.74) is -3.77. The lowest BCUT2D eigenvalue weighted by Crippen LogP contribution is -2.58. The van der Waals surface area contributed by atoms with Gasteiger partial charge >= 0.3 is 0 Å². The number of hydrogen-bond donors (Lipinski definition) is 3. The van der Waals surface area contributed by atoms with E-state index in [0.29, 0.717) is 0 Å². The molecule has 0 aromatic carbocycles. The third-order valence-electron chi connectivity index (χ3n) is 12.1. The minimum Gasteiger partial charge on any atom is -0.354 e. The van der Waals surface area contributed by atoms with Gasteiger partial charge in [0.2, 0.25) is 53.2 Å². The molecule has 3 atom stereocenters. The lowest BCUT2D eigenvalue weighted by Gasteiger charge is -2.50. The van der Waals surface area contributed by atoms with Gasteiger partial charge in [-0.05, 0) is 37.0 Å². The largest absolute Gasteiger partial charge is 0.354 e. The summed E-state index contributed by atoms with van der Waals surface area (Å²) >= 11 is 0. The number of amides is 9. The average Bonchev–Trinajstić information content (AvgIpc) is 3.64. The fourth-order valence-electron chi connectivity index (χ4n) is 9.13. The van der Waals surface area contributed by atoms with Crippen molar-refractivity contribution in [3.63, 3.8) is 0 Å². The molecule has 0 aromatic rings. The van der Waals surface area contributed by atoms with Crippen LogP contribution in [0.1, 0.15) is 101 Å². The quantitative estimate of drug-likeness (QED) is 0.208. The molecule has 3 saturated heterocycles. The standard InChI is InChI=1S/C39H60N6O9/c1-22(2)25-16-28(46)43(31(25)49)13-10-40-34(52)37(7)19-38(8,35(53)41-11-14-44-29(47)17-26(23(3)4)32(44)50)21-39(9,20-37)36(54)42-12-15-45-30(48)18-27(24(5)6)33(45)51/h22-27H,10-21H2,1-9H3,(H,40,52)(H,41,53)(H,42,54). The monoisotopic (exact) mass is 756 g/mol. The number of nitrogens with zero attached hydrogens (tertiary/aromatic N) is 3. The van der Waals surface area contributed by atoms with Crippen LogP contribution in [0.25, 0.3) is 0 Å². The van der Waals surface area contributed by atoms with Gasteiger partial charge in [0.05, 0.1) is 0 Å². The van der Waals surface area contributed by atoms with Crippen molar-refractivity contribution in [1.29, 1.82) is 0 Å². The molecule has 4 rings (SSSR count). The third-order valence-corrected chi connectivity index (χ3v) is 12.1. The maximum atomic E-state index is 14.0. The summed E-state index contributed by atoms with van der Waals surface area (Å²) in [4.78, 5) is 122. The Morgan fingerprint density at radius 3 is 0.907 bits per heavy atom. The Hall–Kier alpha value is -4.17. The summed E-state index contributed by atoms with van der Waals surface area (Å²) in [6.07, 6.45) is 0.547. The summed E-state index contributed by atoms with van der Waals surface area (Å²) < 4.78 is 0. The molecule has 3 aliphatic heterocycles. The normalized spacial score (nSPS) is 30.4. The second kappa shape index (κ2) is 16.3. The Morgan fingerprint density at radius 1 is 0.500 bits per heavy atom. The van der Waals surface area contributed by atoms with E-state index in [0.717, 1.165) is 0 Å². The van der Waals surface area contributed by atoms with Crippen molar-refractivity contribution in [2.45, 2.75) is 101 Å². The molecule has 0 bridgehead atoms. The van der Waals surface area contributed by atoms with Crippen LogP contribution in [0.2, 0.25) is 0 Å². The Bertz CT molecular complexity index is 1380. The molecule has 15 nitrogen and oxygen atoms in total. The number of nitrogens with one attached hydrogen (secondary N) is 3. The van der Waals surface area contributed by atoms with Crippen LogP contribution in [0.3, 0.4) is 0 Å². The number of rotatable bonds is 15. The van der Waals surface area contributed by atoms with Gasteiger partial charge in [-0.2, -0.15) is 0 Å². The third kappa shape index (κ3) is 8.70. The molecule has 54 heavy (non-hydrogen) atoms. The second-order valence-corrected chi connectivity index (χ2v) is 17.8. The van der Waals surface area contributed by atoms with E-state index in [1.54, 1.807) is 20.8 Å². The molecule has 0 spiro atoms. The lowest BCUT2D eigenvalue weighted by atomic mass is 9.53. The zero-order valence-electron chi connectivity index (χ0n) is 33.5. The number of hydrogen-bond acceptors (Lipinski definition) is 9. The first-order valence-electron chi connectivity index (χ1n) is 19.4. The van der Waals surface area contributed by atoms with E-state index in [1.807, 2.05) is 41.5 Å². The molecule has 1 saturated carbocycles. The van der Waals surface area contributed by atoms with E-state index >= 15 is 0 Å². The van der Waals surface area contributed by atoms with Crippen molar-refractivity contribution in [3.05, 3.63) is 0 Å². The minimum absolute atomic E-state index is 0.00333. The molecule has 0 radical (unpaired) electrons. The lowest BCUT2D eigenvalue weighted by molar-refractivity contribution is -0.155. The van der Waals surface area contributed by atoms with Gasteiger partial charge in [-0.15, -0.1) is 0 Å². The highest BCUT2D eigenvalue weighted by Gasteiger charge is 2.57. The predicted molar refractivity (Wildman–Crippen MR) is 196 cm³/mol. The van der Waals surface area contributed by atoms with Crippen LogP contribution in [0.4, 0.5) is 0 Å². The van der Waals surface area contributed by atoms with Gasteiger partial charge in [-0.3, -0.25) is 57.9 Å². The Morgan fingerprint density at radius 2 is 0.722 bits per heavy atom. The molecule has 4 aliphatic rings. The Kier molecular flexibility index (Phi) is 12.8. The maximum Gasteiger partial charge on any atom is 0.233 e. The van der Waals surface area contributed by atoms with Crippen molar-refractivity contribution < 1.29 is 43.2 Å². The van der Waals surface area contributed by atoms with E-state index in [9.17, 15) is 43.2 Å². The minimum atomic E-state index is -1.26. The molecule has 3 unspecified atom stereocenters. The van der Waals surface area contributed by atoms with Gasteiger partial charge in [0.25, 0.3) is 0 Å². The van der Waals surface area contributed by atoms with Gasteiger partial charge in [0.1, 0.15) is 0 Å². The summed E-state index contributed by atoms with van der Waals surface area (Å²) in [5, 5.41) is 8.56. The molecular weight excluding hydrogens is 696 g/mol. The van der Waals surface area contributed by atoms with Crippen molar-refractivity contribution in [3.8, 4) is 0 Å². The first kappa shape index (κ1) is 42.6. The van der Waals surface area contributed by atoms with E-state index < -0.39 is 51.7 Å². The fraction of sp³-hybridized carbons (Fsp3) is 0.769. The molecule has 3 N–H and O–H groups in total. The molecule has 1 aliphatic carbocycles. The maximum absolute atomic E-state index is 14.0. The van der Waals surface area contributed by atoms with Crippen LogP contribution in [-0.2, 0) is 43.2 Å². The summed E-state index contributed by atoms with van der Waals surface area (Å²) in [6, 6.07) is 0. The van der Waals surface area contributed by atoms with Gasteiger partial charge in [0, 0.05) is 92.5 Å². The highest BCUT2D eigenvalue weighted by molar-refractivity contribution is 6.05. The average molecular weight is 757 g/mol. The van der Waals surface area contributed by atoms with Gasteiger partial charge in [-0.25, -0.2) is 0 Å². The summed E-state index contributed by atoms with van der Waals surface area (Å²) in [6.45, 7) is 16.3. The van der Waals surface area contributed by atoms with Crippen LogP contribution >= 0.6 is 0 Å². The van der Waals surface area contributed by atoms with Crippen molar-refractivity contribution in [1.82, 2.24) is 30.7 Å². The van der Waals surface area contributed by atoms with Crippen molar-refractivity contribution in [2.24, 2.45) is 51.8 Å². The van der Waals surface area contributed by atoms with Crippen LogP contribution in [-0.4, -0.2) is 107 Å². The summed E-state index contributed by atoms with van der Waals surface area (Å²) in [5.74, 6) is -4.23. The van der Waals surface area contributed by atoms with Gasteiger partial charge in [0.15, 0.2) is 0 Å². The van der Waals surface area contributed by atoms with Crippen molar-refractivity contribution in [2.75, 3.05) is 39.3 Å². The predicted octanol–water partition coefficient (Wildman–Crippen LogP) is 1.63. The van der Waals surface area contributed by atoms with Crippen LogP contribution < -0.4 is 16.0 Å². The second-order valence-electron chi connectivity index (χ2n) is 17.8. The zero-order chi connectivity index (χ0) is 40.5. The SMILES string of the molecule is CC(C)C1CC(=O)N(CCNC(=O)C2(C)CC(C)(C(=O)NCCN3C(=O)CC(C(C)C)C3=O)CC(C)(C(=O)NCCN3C(=O)CC(C(C)C)C3=O)C2)C1=O. The first-order chi connectivity index (χ1) is 25.0. The molecule has 4 fully saturated rings. The molecule has 9 amide bonds. The molecular formula is C39H60N6O9. The Balaban J connectivity index is 1.48. The van der Waals surface area contributed by atoms with E-state index in [1.165, 1.54) is 14.7 Å². The van der Waals surface area contributed by atoms with Gasteiger partial charge in [-0.1, -0.05) is 62.3 Å². The first-order valence-corrected chi connectivity index (χ1v) is 19.4. The van der Waals surface area contributed by atoms with Crippen molar-refractivity contribution >= 4 is 53.2 Å². The number of imide groups is 3. The molecule has 3 heterocycles. The Labute approximate surface area is 318 Å². The highest BCUT2D eigenvalue weighted by Crippen LogP contribution is 2.55. The molecule has 15 heteroatoms. The molecule has 0 aromatic heterocycles. The van der Waals surface area contributed by atoms with Crippen LogP contribution in [0.15, 0.2) is 0 Å². The van der Waals surface area contributed by atoms with E-state index in [4.69, 9.17) is 0 Å².